The van der Waals surface area contributed by atoms with Gasteiger partial charge in [-0.05, 0) is 58.9 Å². The Balaban J connectivity index is 2.01. The fraction of sp³-hybridized carbons (Fsp3) is 0.538. The molecule has 0 atom stereocenters. The third kappa shape index (κ3) is 2.14. The average Bonchev–Trinajstić information content (AvgIpc) is 3.00. The Bertz CT molecular complexity index is 639. The van der Waals surface area contributed by atoms with Crippen molar-refractivity contribution in [3.05, 3.63) is 21.5 Å². The second-order valence-electron chi connectivity index (χ2n) is 5.29. The van der Waals surface area contributed by atoms with Gasteiger partial charge in [0.25, 0.3) is 0 Å². The zero-order valence-corrected chi connectivity index (χ0v) is 12.8. The van der Waals surface area contributed by atoms with Gasteiger partial charge in [0.05, 0.1) is 5.52 Å². The van der Waals surface area contributed by atoms with E-state index in [1.54, 1.807) is 0 Å². The van der Waals surface area contributed by atoms with Gasteiger partial charge in [-0.15, -0.1) is 0 Å². The first-order chi connectivity index (χ1) is 8.63. The molecule has 1 fully saturated rings. The Morgan fingerprint density at radius 1 is 1.56 bits per heavy atom. The van der Waals surface area contributed by atoms with Gasteiger partial charge in [-0.2, -0.15) is 0 Å². The van der Waals surface area contributed by atoms with Gasteiger partial charge in [-0.25, -0.2) is 4.98 Å². The predicted octanol–water partition coefficient (Wildman–Crippen LogP) is 4.44. The summed E-state index contributed by atoms with van der Waals surface area (Å²) in [5.74, 6) is 0. The van der Waals surface area contributed by atoms with Crippen LogP contribution in [0, 0.1) is 10.2 Å². The number of nitrogens with zero attached hydrogens (tertiary/aromatic N) is 2. The van der Waals surface area contributed by atoms with Gasteiger partial charge >= 0.3 is 0 Å². The summed E-state index contributed by atoms with van der Waals surface area (Å²) in [4.78, 5) is 7.74. The topological polar surface area (TPSA) is 33.6 Å². The van der Waals surface area contributed by atoms with Crippen LogP contribution >= 0.6 is 28.1 Å². The average molecular weight is 326 g/mol. The maximum Gasteiger partial charge on any atom is 0.179 e. The van der Waals surface area contributed by atoms with Crippen LogP contribution in [0.2, 0.25) is 0 Å². The Morgan fingerprint density at radius 2 is 2.33 bits per heavy atom. The highest BCUT2D eigenvalue weighted by atomic mass is 79.9. The first kappa shape index (κ1) is 12.4. The molecule has 1 N–H and O–H groups in total. The van der Waals surface area contributed by atoms with E-state index in [0.29, 0.717) is 5.41 Å². The quantitative estimate of drug-likeness (QED) is 0.843. The molecule has 3 rings (SSSR count). The standard InChI is InChI=1S/C13H16BrN3S/c1-2-3-13(4-5-13)8-17-11-10(16-12(17)18)6-9(14)7-15-11/h6-7H,2-5,8H2,1H3,(H,16,18). The molecular weight excluding hydrogens is 310 g/mol. The van der Waals surface area contributed by atoms with Crippen LogP contribution in [0.5, 0.6) is 0 Å². The first-order valence-corrected chi connectivity index (χ1v) is 7.58. The van der Waals surface area contributed by atoms with Crippen LogP contribution < -0.4 is 0 Å². The Kier molecular flexibility index (Phi) is 3.06. The van der Waals surface area contributed by atoms with Crippen molar-refractivity contribution in [1.29, 1.82) is 0 Å². The van der Waals surface area contributed by atoms with E-state index in [9.17, 15) is 0 Å². The van der Waals surface area contributed by atoms with Gasteiger partial charge in [0, 0.05) is 17.2 Å². The Morgan fingerprint density at radius 3 is 3.00 bits per heavy atom. The SMILES string of the molecule is CCCC1(Cn2c(=S)[nH]c3cc(Br)cnc32)CC1. The van der Waals surface area contributed by atoms with Crippen molar-refractivity contribution in [2.24, 2.45) is 5.41 Å². The molecule has 0 spiro atoms. The predicted molar refractivity (Wildman–Crippen MR) is 79.2 cm³/mol. The number of rotatable bonds is 4. The van der Waals surface area contributed by atoms with Crippen LogP contribution in [0.3, 0.4) is 0 Å². The maximum absolute atomic E-state index is 5.43. The van der Waals surface area contributed by atoms with E-state index in [4.69, 9.17) is 12.2 Å². The third-order valence-corrected chi connectivity index (χ3v) is 4.56. The largest absolute Gasteiger partial charge is 0.329 e. The monoisotopic (exact) mass is 325 g/mol. The minimum atomic E-state index is 0.483. The summed E-state index contributed by atoms with van der Waals surface area (Å²) in [6.07, 6.45) is 7.02. The van der Waals surface area contributed by atoms with Gasteiger partial charge in [0.2, 0.25) is 0 Å². The van der Waals surface area contributed by atoms with Crippen molar-refractivity contribution in [3.63, 3.8) is 0 Å². The van der Waals surface area contributed by atoms with Gasteiger partial charge in [-0.1, -0.05) is 13.3 Å². The molecule has 1 aliphatic carbocycles. The molecule has 0 radical (unpaired) electrons. The van der Waals surface area contributed by atoms with E-state index in [1.807, 2.05) is 12.3 Å². The van der Waals surface area contributed by atoms with Crippen molar-refractivity contribution in [2.75, 3.05) is 0 Å². The highest BCUT2D eigenvalue weighted by Gasteiger charge is 2.42. The number of H-pyrrole nitrogens is 1. The van der Waals surface area contributed by atoms with Crippen LogP contribution in [0.1, 0.15) is 32.6 Å². The van der Waals surface area contributed by atoms with Crippen molar-refractivity contribution >= 4 is 39.3 Å². The van der Waals surface area contributed by atoms with Crippen molar-refractivity contribution in [1.82, 2.24) is 14.5 Å². The van der Waals surface area contributed by atoms with Gasteiger partial charge in [-0.3, -0.25) is 0 Å². The number of pyridine rings is 1. The number of fused-ring (bicyclic) bond motifs is 1. The molecule has 0 bridgehead atoms. The van der Waals surface area contributed by atoms with Gasteiger partial charge in [0.15, 0.2) is 10.4 Å². The lowest BCUT2D eigenvalue weighted by Crippen LogP contribution is -2.12. The lowest BCUT2D eigenvalue weighted by molar-refractivity contribution is 0.390. The van der Waals surface area contributed by atoms with Gasteiger partial charge in [0.1, 0.15) is 0 Å². The molecule has 5 heteroatoms. The fourth-order valence-corrected chi connectivity index (χ4v) is 3.29. The zero-order valence-electron chi connectivity index (χ0n) is 10.4. The Hall–Kier alpha value is -0.680. The number of nitrogens with one attached hydrogen (secondary N) is 1. The number of imidazole rings is 1. The molecule has 0 aliphatic heterocycles. The summed E-state index contributed by atoms with van der Waals surface area (Å²) < 4.78 is 3.94. The Labute approximate surface area is 120 Å². The van der Waals surface area contributed by atoms with Crippen LogP contribution in [-0.4, -0.2) is 14.5 Å². The molecule has 2 heterocycles. The molecule has 96 valence electrons. The molecule has 18 heavy (non-hydrogen) atoms. The molecule has 1 aliphatic rings. The van der Waals surface area contributed by atoms with E-state index in [1.165, 1.54) is 25.7 Å². The highest BCUT2D eigenvalue weighted by Crippen LogP contribution is 2.51. The van der Waals surface area contributed by atoms with Crippen LogP contribution in [0.25, 0.3) is 11.2 Å². The number of hydrogen-bond donors (Lipinski definition) is 1. The molecule has 0 amide bonds. The maximum atomic E-state index is 5.43. The minimum absolute atomic E-state index is 0.483. The number of hydrogen-bond acceptors (Lipinski definition) is 2. The molecule has 0 unspecified atom stereocenters. The third-order valence-electron chi connectivity index (χ3n) is 3.81. The van der Waals surface area contributed by atoms with E-state index in [-0.39, 0.29) is 0 Å². The van der Waals surface area contributed by atoms with E-state index in [2.05, 4.69) is 37.4 Å². The van der Waals surface area contributed by atoms with E-state index < -0.39 is 0 Å². The molecule has 3 nitrogen and oxygen atoms in total. The normalized spacial score (nSPS) is 17.2. The fourth-order valence-electron chi connectivity index (χ4n) is 2.69. The number of halogens is 1. The summed E-state index contributed by atoms with van der Waals surface area (Å²) in [5, 5.41) is 0. The zero-order chi connectivity index (χ0) is 12.8. The highest BCUT2D eigenvalue weighted by molar-refractivity contribution is 9.10. The van der Waals surface area contributed by atoms with Crippen LogP contribution in [0.15, 0.2) is 16.7 Å². The number of aromatic amines is 1. The molecular formula is C13H16BrN3S. The van der Waals surface area contributed by atoms with E-state index >= 15 is 0 Å². The van der Waals surface area contributed by atoms with Crippen LogP contribution in [-0.2, 0) is 6.54 Å². The lowest BCUT2D eigenvalue weighted by Gasteiger charge is -2.14. The van der Waals surface area contributed by atoms with E-state index in [0.717, 1.165) is 27.0 Å². The van der Waals surface area contributed by atoms with Gasteiger partial charge < -0.3 is 9.55 Å². The second-order valence-corrected chi connectivity index (χ2v) is 6.59. The molecule has 0 aromatic carbocycles. The second kappa shape index (κ2) is 4.46. The molecule has 0 saturated heterocycles. The van der Waals surface area contributed by atoms with Crippen LogP contribution in [0.4, 0.5) is 0 Å². The summed E-state index contributed by atoms with van der Waals surface area (Å²) >= 11 is 8.87. The minimum Gasteiger partial charge on any atom is -0.329 e. The summed E-state index contributed by atoms with van der Waals surface area (Å²) in [5.41, 5.74) is 2.48. The molecule has 2 aromatic rings. The summed E-state index contributed by atoms with van der Waals surface area (Å²) in [6, 6.07) is 2.04. The van der Waals surface area contributed by atoms with Crippen molar-refractivity contribution in [3.8, 4) is 0 Å². The molecule has 1 saturated carbocycles. The summed E-state index contributed by atoms with van der Waals surface area (Å²) in [6.45, 7) is 3.26. The number of aromatic nitrogens is 3. The lowest BCUT2D eigenvalue weighted by atomic mass is 10.0. The first-order valence-electron chi connectivity index (χ1n) is 6.38. The summed E-state index contributed by atoms with van der Waals surface area (Å²) in [7, 11) is 0. The molecule has 2 aromatic heterocycles. The van der Waals surface area contributed by atoms with Crippen molar-refractivity contribution in [2.45, 2.75) is 39.2 Å². The smallest absolute Gasteiger partial charge is 0.179 e. The van der Waals surface area contributed by atoms with Crippen molar-refractivity contribution < 1.29 is 0 Å².